The van der Waals surface area contributed by atoms with Crippen LogP contribution < -0.4 is 10.1 Å². The van der Waals surface area contributed by atoms with E-state index in [0.29, 0.717) is 18.5 Å². The second-order valence-electron chi connectivity index (χ2n) is 5.18. The molecule has 18 heavy (non-hydrogen) atoms. The minimum absolute atomic E-state index is 0.191. The lowest BCUT2D eigenvalue weighted by Gasteiger charge is -2.28. The van der Waals surface area contributed by atoms with E-state index in [2.05, 4.69) is 27.3 Å². The van der Waals surface area contributed by atoms with Crippen LogP contribution in [-0.4, -0.2) is 24.4 Å². The van der Waals surface area contributed by atoms with Crippen molar-refractivity contribution in [3.8, 4) is 5.75 Å². The highest BCUT2D eigenvalue weighted by Crippen LogP contribution is 2.35. The molecule has 1 aromatic rings. The van der Waals surface area contributed by atoms with Gasteiger partial charge in [-0.25, -0.2) is 0 Å². The van der Waals surface area contributed by atoms with Gasteiger partial charge in [0.2, 0.25) is 0 Å². The van der Waals surface area contributed by atoms with Gasteiger partial charge in [-0.15, -0.1) is 0 Å². The summed E-state index contributed by atoms with van der Waals surface area (Å²) >= 11 is 3.50. The largest absolute Gasteiger partial charge is 0.493 e. The van der Waals surface area contributed by atoms with Crippen molar-refractivity contribution >= 4 is 15.9 Å². The fourth-order valence-corrected chi connectivity index (χ4v) is 2.87. The summed E-state index contributed by atoms with van der Waals surface area (Å²) in [4.78, 5) is 0. The molecule has 0 radical (unpaired) electrons. The lowest BCUT2D eigenvalue weighted by molar-refractivity contribution is 0.139. The molecule has 98 valence electrons. The molecule has 4 heteroatoms. The van der Waals surface area contributed by atoms with Crippen molar-refractivity contribution in [1.29, 1.82) is 0 Å². The Labute approximate surface area is 116 Å². The molecular formula is C14H18BrNO2. The lowest BCUT2D eigenvalue weighted by atomic mass is 10.0. The van der Waals surface area contributed by atoms with Gasteiger partial charge in [0, 0.05) is 29.0 Å². The first-order valence-corrected chi connectivity index (χ1v) is 7.37. The first-order valence-electron chi connectivity index (χ1n) is 6.58. The second kappa shape index (κ2) is 5.19. The average Bonchev–Trinajstić information content (AvgIpc) is 3.20. The predicted molar refractivity (Wildman–Crippen MR) is 73.7 cm³/mol. The van der Waals surface area contributed by atoms with Crippen LogP contribution in [0.4, 0.5) is 0 Å². The molecule has 3 rings (SSSR count). The fourth-order valence-electron chi connectivity index (χ4n) is 2.49. The lowest BCUT2D eigenvalue weighted by Crippen LogP contribution is -2.34. The molecule has 2 unspecified atom stereocenters. The summed E-state index contributed by atoms with van der Waals surface area (Å²) in [5.74, 6) is 1.49. The van der Waals surface area contributed by atoms with Crippen molar-refractivity contribution in [2.75, 3.05) is 13.2 Å². The Morgan fingerprint density at radius 3 is 3.00 bits per heavy atom. The monoisotopic (exact) mass is 311 g/mol. The van der Waals surface area contributed by atoms with E-state index in [-0.39, 0.29) is 6.10 Å². The van der Waals surface area contributed by atoms with Crippen molar-refractivity contribution in [3.05, 3.63) is 28.2 Å². The molecule has 1 heterocycles. The van der Waals surface area contributed by atoms with E-state index < -0.39 is 0 Å². The zero-order valence-electron chi connectivity index (χ0n) is 10.2. The van der Waals surface area contributed by atoms with Gasteiger partial charge in [0.25, 0.3) is 0 Å². The Balaban J connectivity index is 1.68. The molecule has 1 aliphatic carbocycles. The van der Waals surface area contributed by atoms with E-state index in [9.17, 15) is 5.11 Å². The maximum absolute atomic E-state index is 9.92. The van der Waals surface area contributed by atoms with Crippen molar-refractivity contribution in [3.63, 3.8) is 0 Å². The maximum Gasteiger partial charge on any atom is 0.124 e. The first kappa shape index (κ1) is 12.5. The number of ether oxygens (including phenoxy) is 1. The summed E-state index contributed by atoms with van der Waals surface area (Å²) < 4.78 is 6.72. The van der Waals surface area contributed by atoms with Gasteiger partial charge < -0.3 is 15.2 Å². The van der Waals surface area contributed by atoms with Crippen LogP contribution in [0.5, 0.6) is 5.75 Å². The van der Waals surface area contributed by atoms with Crippen molar-refractivity contribution < 1.29 is 9.84 Å². The molecule has 2 atom stereocenters. The zero-order chi connectivity index (χ0) is 12.5. The van der Waals surface area contributed by atoms with Crippen LogP contribution >= 0.6 is 15.9 Å². The first-order chi connectivity index (χ1) is 8.74. The van der Waals surface area contributed by atoms with Crippen LogP contribution in [0.15, 0.2) is 22.7 Å². The number of hydrogen-bond acceptors (Lipinski definition) is 3. The van der Waals surface area contributed by atoms with Gasteiger partial charge >= 0.3 is 0 Å². The van der Waals surface area contributed by atoms with Crippen molar-refractivity contribution in [2.45, 2.75) is 31.4 Å². The summed E-state index contributed by atoms with van der Waals surface area (Å²) in [6.07, 6.45) is 3.13. The van der Waals surface area contributed by atoms with Crippen LogP contribution in [-0.2, 0) is 0 Å². The number of halogens is 1. The third kappa shape index (κ3) is 2.71. The highest BCUT2D eigenvalue weighted by molar-refractivity contribution is 9.10. The van der Waals surface area contributed by atoms with Gasteiger partial charge in [-0.3, -0.25) is 0 Å². The van der Waals surface area contributed by atoms with Gasteiger partial charge in [0.1, 0.15) is 5.75 Å². The number of aliphatic hydroxyl groups excluding tert-OH is 1. The number of rotatable bonds is 4. The van der Waals surface area contributed by atoms with E-state index in [1.165, 1.54) is 18.4 Å². The Kier molecular flexibility index (Phi) is 3.59. The van der Waals surface area contributed by atoms with Gasteiger partial charge in [0.05, 0.1) is 12.7 Å². The van der Waals surface area contributed by atoms with E-state index in [1.54, 1.807) is 0 Å². The van der Waals surface area contributed by atoms with Crippen LogP contribution in [0.25, 0.3) is 0 Å². The van der Waals surface area contributed by atoms with Crippen molar-refractivity contribution in [2.24, 2.45) is 5.92 Å². The summed E-state index contributed by atoms with van der Waals surface area (Å²) in [5, 5.41) is 13.4. The number of fused-ring (bicyclic) bond motifs is 1. The molecule has 1 aromatic carbocycles. The van der Waals surface area contributed by atoms with E-state index >= 15 is 0 Å². The van der Waals surface area contributed by atoms with Gasteiger partial charge in [-0.2, -0.15) is 0 Å². The standard InChI is InChI=1S/C14H18BrNO2/c15-10-3-4-14-11(7-10)12(5-6-18-14)16-8-13(17)9-1-2-9/h3-4,7,9,12-13,16-17H,1-2,5-6,8H2. The molecule has 2 aliphatic rings. The summed E-state index contributed by atoms with van der Waals surface area (Å²) in [5.41, 5.74) is 1.19. The number of aliphatic hydroxyl groups is 1. The number of benzene rings is 1. The molecule has 0 amide bonds. The van der Waals surface area contributed by atoms with E-state index in [1.807, 2.05) is 12.1 Å². The zero-order valence-corrected chi connectivity index (χ0v) is 11.8. The number of hydrogen-bond donors (Lipinski definition) is 2. The molecule has 3 nitrogen and oxygen atoms in total. The average molecular weight is 312 g/mol. The molecule has 0 spiro atoms. The summed E-state index contributed by atoms with van der Waals surface area (Å²) in [6, 6.07) is 6.40. The van der Waals surface area contributed by atoms with Gasteiger partial charge in [0.15, 0.2) is 0 Å². The van der Waals surface area contributed by atoms with E-state index in [4.69, 9.17) is 4.74 Å². The molecule has 1 fully saturated rings. The highest BCUT2D eigenvalue weighted by Gasteiger charge is 2.30. The molecule has 0 bridgehead atoms. The predicted octanol–water partition coefficient (Wildman–Crippen LogP) is 2.63. The Hall–Kier alpha value is -0.580. The summed E-state index contributed by atoms with van der Waals surface area (Å²) in [7, 11) is 0. The van der Waals surface area contributed by atoms with Crippen LogP contribution in [0.2, 0.25) is 0 Å². The molecular weight excluding hydrogens is 294 g/mol. The quantitative estimate of drug-likeness (QED) is 0.898. The minimum atomic E-state index is -0.191. The Morgan fingerprint density at radius 1 is 1.39 bits per heavy atom. The van der Waals surface area contributed by atoms with Crippen LogP contribution in [0.1, 0.15) is 30.9 Å². The SMILES string of the molecule is OC(CNC1CCOc2ccc(Br)cc21)C1CC1. The third-order valence-corrected chi connectivity index (χ3v) is 4.24. The smallest absolute Gasteiger partial charge is 0.124 e. The Morgan fingerprint density at radius 2 is 2.22 bits per heavy atom. The molecule has 0 saturated heterocycles. The normalized spacial score (nSPS) is 24.2. The number of nitrogens with one attached hydrogen (secondary N) is 1. The molecule has 1 saturated carbocycles. The second-order valence-corrected chi connectivity index (χ2v) is 6.10. The fraction of sp³-hybridized carbons (Fsp3) is 0.571. The third-order valence-electron chi connectivity index (χ3n) is 3.75. The van der Waals surface area contributed by atoms with Crippen LogP contribution in [0, 0.1) is 5.92 Å². The Bertz CT molecular complexity index is 434. The molecule has 2 N–H and O–H groups in total. The van der Waals surface area contributed by atoms with E-state index in [0.717, 1.165) is 23.2 Å². The summed E-state index contributed by atoms with van der Waals surface area (Å²) in [6.45, 7) is 1.42. The maximum atomic E-state index is 9.92. The topological polar surface area (TPSA) is 41.5 Å². The minimum Gasteiger partial charge on any atom is -0.493 e. The highest BCUT2D eigenvalue weighted by atomic mass is 79.9. The molecule has 0 aromatic heterocycles. The van der Waals surface area contributed by atoms with Gasteiger partial charge in [-0.1, -0.05) is 15.9 Å². The van der Waals surface area contributed by atoms with Gasteiger partial charge in [-0.05, 0) is 37.0 Å². The van der Waals surface area contributed by atoms with Crippen molar-refractivity contribution in [1.82, 2.24) is 5.32 Å². The molecule has 1 aliphatic heterocycles. The van der Waals surface area contributed by atoms with Crippen LogP contribution in [0.3, 0.4) is 0 Å².